The Labute approximate surface area is 147 Å². The van der Waals surface area contributed by atoms with Gasteiger partial charge in [0.25, 0.3) is 0 Å². The molecule has 0 radical (unpaired) electrons. The fourth-order valence-corrected chi connectivity index (χ4v) is 3.42. The molecule has 2 aromatic carbocycles. The van der Waals surface area contributed by atoms with Gasteiger partial charge in [0, 0.05) is 37.2 Å². The predicted octanol–water partition coefficient (Wildman–Crippen LogP) is 4.17. The van der Waals surface area contributed by atoms with Crippen LogP contribution in [0.1, 0.15) is 12.5 Å². The predicted molar refractivity (Wildman–Crippen MR) is 99.2 cm³/mol. The number of benzene rings is 2. The summed E-state index contributed by atoms with van der Waals surface area (Å²) >= 11 is 3.64. The number of ether oxygens (including phenoxy) is 1. The van der Waals surface area contributed by atoms with Crippen LogP contribution in [0, 0.1) is 0 Å². The Kier molecular flexibility index (Phi) is 5.57. The van der Waals surface area contributed by atoms with Gasteiger partial charge in [-0.1, -0.05) is 46.3 Å². The molecule has 0 atom stereocenters. The topological polar surface area (TPSA) is 15.7 Å². The number of rotatable bonds is 5. The molecule has 1 fully saturated rings. The van der Waals surface area contributed by atoms with Gasteiger partial charge >= 0.3 is 0 Å². The van der Waals surface area contributed by atoms with Gasteiger partial charge in [-0.15, -0.1) is 0 Å². The van der Waals surface area contributed by atoms with Crippen molar-refractivity contribution in [3.63, 3.8) is 0 Å². The minimum Gasteiger partial charge on any atom is -0.492 e. The molecule has 0 aromatic heterocycles. The second-order valence-corrected chi connectivity index (χ2v) is 6.61. The second kappa shape index (κ2) is 7.84. The van der Waals surface area contributed by atoms with Gasteiger partial charge in [0.15, 0.2) is 0 Å². The standard InChI is InChI=1S/C19H23BrN2O/c1-2-23-19-10-6-5-9-18(19)22-13-11-21(12-14-22)15-16-7-3-4-8-17(16)20/h3-10H,2,11-15H2,1H3. The third kappa shape index (κ3) is 4.06. The van der Waals surface area contributed by atoms with Crippen molar-refractivity contribution in [3.8, 4) is 5.75 Å². The first-order chi connectivity index (χ1) is 11.3. The lowest BCUT2D eigenvalue weighted by atomic mass is 10.2. The number of hydrogen-bond donors (Lipinski definition) is 0. The molecule has 1 saturated heterocycles. The zero-order valence-electron chi connectivity index (χ0n) is 13.5. The summed E-state index contributed by atoms with van der Waals surface area (Å²) in [4.78, 5) is 4.95. The average molecular weight is 375 g/mol. The summed E-state index contributed by atoms with van der Waals surface area (Å²) in [6.07, 6.45) is 0. The van der Waals surface area contributed by atoms with Crippen molar-refractivity contribution in [2.45, 2.75) is 13.5 Å². The SMILES string of the molecule is CCOc1ccccc1N1CCN(Cc2ccccc2Br)CC1. The summed E-state index contributed by atoms with van der Waals surface area (Å²) in [5.74, 6) is 0.995. The lowest BCUT2D eigenvalue weighted by Crippen LogP contribution is -2.46. The summed E-state index contributed by atoms with van der Waals surface area (Å²) in [6, 6.07) is 16.8. The second-order valence-electron chi connectivity index (χ2n) is 5.76. The summed E-state index contributed by atoms with van der Waals surface area (Å²) in [5, 5.41) is 0. The number of piperazine rings is 1. The van der Waals surface area contributed by atoms with Gasteiger partial charge < -0.3 is 9.64 Å². The maximum atomic E-state index is 5.77. The number of anilines is 1. The molecule has 0 N–H and O–H groups in total. The lowest BCUT2D eigenvalue weighted by Gasteiger charge is -2.36. The Bertz CT molecular complexity index is 639. The van der Waals surface area contributed by atoms with Crippen LogP contribution in [-0.4, -0.2) is 37.7 Å². The Morgan fingerprint density at radius 3 is 2.39 bits per heavy atom. The van der Waals surface area contributed by atoms with Crippen LogP contribution in [0.5, 0.6) is 5.75 Å². The van der Waals surface area contributed by atoms with E-state index in [1.807, 2.05) is 13.0 Å². The zero-order valence-corrected chi connectivity index (χ0v) is 15.1. The largest absolute Gasteiger partial charge is 0.492 e. The van der Waals surface area contributed by atoms with Crippen molar-refractivity contribution in [3.05, 3.63) is 58.6 Å². The summed E-state index contributed by atoms with van der Waals surface area (Å²) in [7, 11) is 0. The van der Waals surface area contributed by atoms with Crippen molar-refractivity contribution in [2.75, 3.05) is 37.7 Å². The Morgan fingerprint density at radius 2 is 1.65 bits per heavy atom. The molecule has 0 saturated carbocycles. The van der Waals surface area contributed by atoms with Gasteiger partial charge in [0.05, 0.1) is 12.3 Å². The van der Waals surface area contributed by atoms with Crippen LogP contribution >= 0.6 is 15.9 Å². The average Bonchev–Trinajstić information content (AvgIpc) is 2.59. The fourth-order valence-electron chi connectivity index (χ4n) is 3.01. The van der Waals surface area contributed by atoms with Crippen molar-refractivity contribution in [2.24, 2.45) is 0 Å². The van der Waals surface area contributed by atoms with Crippen molar-refractivity contribution in [1.29, 1.82) is 0 Å². The molecule has 0 spiro atoms. The van der Waals surface area contributed by atoms with E-state index in [9.17, 15) is 0 Å². The molecule has 3 rings (SSSR count). The smallest absolute Gasteiger partial charge is 0.142 e. The zero-order chi connectivity index (χ0) is 16.1. The van der Waals surface area contributed by atoms with E-state index in [4.69, 9.17) is 4.74 Å². The monoisotopic (exact) mass is 374 g/mol. The minimum atomic E-state index is 0.707. The highest BCUT2D eigenvalue weighted by Gasteiger charge is 2.20. The van der Waals surface area contributed by atoms with E-state index in [-0.39, 0.29) is 0 Å². The molecule has 1 aliphatic heterocycles. The molecule has 2 aromatic rings. The molecule has 1 heterocycles. The molecule has 4 heteroatoms. The molecule has 0 amide bonds. The van der Waals surface area contributed by atoms with E-state index in [0.29, 0.717) is 6.61 Å². The maximum absolute atomic E-state index is 5.77. The van der Waals surface area contributed by atoms with Crippen LogP contribution in [0.25, 0.3) is 0 Å². The first-order valence-corrected chi connectivity index (χ1v) is 8.99. The summed E-state index contributed by atoms with van der Waals surface area (Å²) in [6.45, 7) is 7.96. The third-order valence-corrected chi connectivity index (χ3v) is 5.00. The fraction of sp³-hybridized carbons (Fsp3) is 0.368. The molecule has 122 valence electrons. The quantitative estimate of drug-likeness (QED) is 0.780. The Balaban J connectivity index is 1.62. The van der Waals surface area contributed by atoms with Crippen LogP contribution in [0.2, 0.25) is 0 Å². The van der Waals surface area contributed by atoms with E-state index in [1.54, 1.807) is 0 Å². The van der Waals surface area contributed by atoms with Gasteiger partial charge in [-0.2, -0.15) is 0 Å². The molecule has 3 nitrogen and oxygen atoms in total. The molecule has 23 heavy (non-hydrogen) atoms. The number of hydrogen-bond acceptors (Lipinski definition) is 3. The molecule has 0 bridgehead atoms. The number of halogens is 1. The third-order valence-electron chi connectivity index (χ3n) is 4.23. The van der Waals surface area contributed by atoms with E-state index in [0.717, 1.165) is 38.5 Å². The highest BCUT2D eigenvalue weighted by molar-refractivity contribution is 9.10. The van der Waals surface area contributed by atoms with Gasteiger partial charge in [-0.3, -0.25) is 4.90 Å². The van der Waals surface area contributed by atoms with Gasteiger partial charge in [-0.05, 0) is 30.7 Å². The first-order valence-electron chi connectivity index (χ1n) is 8.20. The van der Waals surface area contributed by atoms with Crippen LogP contribution < -0.4 is 9.64 Å². The van der Waals surface area contributed by atoms with E-state index in [1.165, 1.54) is 15.7 Å². The first kappa shape index (κ1) is 16.3. The van der Waals surface area contributed by atoms with Gasteiger partial charge in [0.2, 0.25) is 0 Å². The van der Waals surface area contributed by atoms with Gasteiger partial charge in [0.1, 0.15) is 5.75 Å². The minimum absolute atomic E-state index is 0.707. The molecular formula is C19H23BrN2O. The maximum Gasteiger partial charge on any atom is 0.142 e. The van der Waals surface area contributed by atoms with Crippen LogP contribution in [0.3, 0.4) is 0 Å². The number of para-hydroxylation sites is 2. The Hall–Kier alpha value is -1.52. The summed E-state index contributed by atoms with van der Waals surface area (Å²) < 4.78 is 6.97. The van der Waals surface area contributed by atoms with E-state index in [2.05, 4.69) is 68.2 Å². The van der Waals surface area contributed by atoms with Crippen LogP contribution in [0.4, 0.5) is 5.69 Å². The highest BCUT2D eigenvalue weighted by Crippen LogP contribution is 2.29. The molecule has 0 unspecified atom stereocenters. The van der Waals surface area contributed by atoms with Gasteiger partial charge in [-0.25, -0.2) is 0 Å². The van der Waals surface area contributed by atoms with Crippen molar-refractivity contribution >= 4 is 21.6 Å². The molecule has 0 aliphatic carbocycles. The van der Waals surface area contributed by atoms with Crippen molar-refractivity contribution < 1.29 is 4.74 Å². The van der Waals surface area contributed by atoms with Crippen LogP contribution in [0.15, 0.2) is 53.0 Å². The highest BCUT2D eigenvalue weighted by atomic mass is 79.9. The summed E-state index contributed by atoms with van der Waals surface area (Å²) in [5.41, 5.74) is 2.57. The lowest BCUT2D eigenvalue weighted by molar-refractivity contribution is 0.248. The van der Waals surface area contributed by atoms with E-state index >= 15 is 0 Å². The van der Waals surface area contributed by atoms with Crippen LogP contribution in [-0.2, 0) is 6.54 Å². The van der Waals surface area contributed by atoms with E-state index < -0.39 is 0 Å². The number of nitrogens with zero attached hydrogens (tertiary/aromatic N) is 2. The molecule has 1 aliphatic rings. The van der Waals surface area contributed by atoms with Crippen molar-refractivity contribution in [1.82, 2.24) is 4.90 Å². The Morgan fingerprint density at radius 1 is 0.957 bits per heavy atom. The normalized spacial score (nSPS) is 15.7. The molecular weight excluding hydrogens is 352 g/mol.